The summed E-state index contributed by atoms with van der Waals surface area (Å²) in [5.74, 6) is 2.43. The molecule has 2 atom stereocenters. The van der Waals surface area contributed by atoms with Crippen LogP contribution in [0.2, 0.25) is 0 Å². The highest BCUT2D eigenvalue weighted by atomic mass is 32.2. The second kappa shape index (κ2) is 7.49. The minimum Gasteiger partial charge on any atom is -0.477 e. The Morgan fingerprint density at radius 2 is 1.64 bits per heavy atom. The van der Waals surface area contributed by atoms with Gasteiger partial charge in [0.25, 0.3) is 0 Å². The Balaban J connectivity index is 1.51. The van der Waals surface area contributed by atoms with Crippen LogP contribution < -0.4 is 4.74 Å². The van der Waals surface area contributed by atoms with Gasteiger partial charge in [0.05, 0.1) is 23.4 Å². The van der Waals surface area contributed by atoms with Gasteiger partial charge in [-0.25, -0.2) is 9.67 Å². The van der Waals surface area contributed by atoms with Crippen LogP contribution >= 0.6 is 11.8 Å². The monoisotopic (exact) mass is 447 g/mol. The van der Waals surface area contributed by atoms with Crippen molar-refractivity contribution in [3.8, 4) is 22.8 Å². The Morgan fingerprint density at radius 3 is 2.48 bits per heavy atom. The smallest absolute Gasteiger partial charge is 0.221 e. The molecule has 33 heavy (non-hydrogen) atoms. The first-order valence-electron chi connectivity index (χ1n) is 11.3. The predicted molar refractivity (Wildman–Crippen MR) is 132 cm³/mol. The molecule has 0 unspecified atom stereocenters. The number of pyridine rings is 1. The van der Waals surface area contributed by atoms with E-state index < -0.39 is 0 Å². The summed E-state index contributed by atoms with van der Waals surface area (Å²) in [4.78, 5) is 5.04. The SMILES string of the molecule is c1ccc(-c2nn(-c3ccccc3)c3c2[C@H]2c4cc5ccccc5nc4SC[C@H]2CO3)cc1. The number of fused-ring (bicyclic) bond motifs is 6. The van der Waals surface area contributed by atoms with Crippen LogP contribution in [0.1, 0.15) is 17.0 Å². The number of hydrogen-bond acceptors (Lipinski definition) is 4. The molecule has 4 heterocycles. The van der Waals surface area contributed by atoms with Gasteiger partial charge in [0, 0.05) is 28.5 Å². The quantitative estimate of drug-likeness (QED) is 0.317. The molecule has 0 fully saturated rings. The molecule has 0 spiro atoms. The average molecular weight is 448 g/mol. The van der Waals surface area contributed by atoms with E-state index in [1.807, 2.05) is 40.7 Å². The normalized spacial score (nSPS) is 18.8. The fourth-order valence-corrected chi connectivity index (χ4v) is 6.27. The molecule has 4 nitrogen and oxygen atoms in total. The van der Waals surface area contributed by atoms with Crippen molar-refractivity contribution >= 4 is 22.7 Å². The van der Waals surface area contributed by atoms with E-state index in [4.69, 9.17) is 14.8 Å². The first-order valence-corrected chi connectivity index (χ1v) is 12.2. The van der Waals surface area contributed by atoms with Gasteiger partial charge in [-0.3, -0.25) is 0 Å². The molecule has 2 aliphatic heterocycles. The highest BCUT2D eigenvalue weighted by molar-refractivity contribution is 7.99. The number of rotatable bonds is 2. The largest absolute Gasteiger partial charge is 0.477 e. The van der Waals surface area contributed by atoms with Crippen LogP contribution in [0.25, 0.3) is 27.8 Å². The number of nitrogens with zero attached hydrogens (tertiary/aromatic N) is 3. The molecule has 3 aromatic carbocycles. The van der Waals surface area contributed by atoms with E-state index in [1.165, 1.54) is 16.5 Å². The topological polar surface area (TPSA) is 39.9 Å². The van der Waals surface area contributed by atoms with Gasteiger partial charge < -0.3 is 4.74 Å². The van der Waals surface area contributed by atoms with Crippen molar-refractivity contribution in [1.82, 2.24) is 14.8 Å². The maximum Gasteiger partial charge on any atom is 0.221 e. The van der Waals surface area contributed by atoms with E-state index in [-0.39, 0.29) is 5.92 Å². The van der Waals surface area contributed by atoms with Crippen molar-refractivity contribution in [2.75, 3.05) is 12.4 Å². The van der Waals surface area contributed by atoms with Crippen LogP contribution in [0.5, 0.6) is 5.88 Å². The highest BCUT2D eigenvalue weighted by Crippen LogP contribution is 2.52. The molecule has 0 radical (unpaired) electrons. The van der Waals surface area contributed by atoms with Crippen molar-refractivity contribution in [3.63, 3.8) is 0 Å². The minimum atomic E-state index is 0.203. The van der Waals surface area contributed by atoms with Crippen molar-refractivity contribution in [2.24, 2.45) is 5.92 Å². The summed E-state index contributed by atoms with van der Waals surface area (Å²) < 4.78 is 8.43. The fraction of sp³-hybridized carbons (Fsp3) is 0.143. The second-order valence-electron chi connectivity index (χ2n) is 8.62. The summed E-state index contributed by atoms with van der Waals surface area (Å²) in [5.41, 5.74) is 6.65. The van der Waals surface area contributed by atoms with Crippen LogP contribution in [-0.2, 0) is 0 Å². The predicted octanol–water partition coefficient (Wildman–Crippen LogP) is 6.33. The molecule has 5 heteroatoms. The van der Waals surface area contributed by atoms with Crippen molar-refractivity contribution in [2.45, 2.75) is 10.9 Å². The summed E-state index contributed by atoms with van der Waals surface area (Å²) in [5, 5.41) is 7.44. The van der Waals surface area contributed by atoms with Crippen molar-refractivity contribution < 1.29 is 4.74 Å². The van der Waals surface area contributed by atoms with Gasteiger partial charge in [0.2, 0.25) is 5.88 Å². The van der Waals surface area contributed by atoms with Gasteiger partial charge in [0.1, 0.15) is 10.7 Å². The molecule has 0 saturated heterocycles. The average Bonchev–Trinajstić information content (AvgIpc) is 3.28. The van der Waals surface area contributed by atoms with E-state index in [1.54, 1.807) is 0 Å². The third-order valence-corrected chi connectivity index (χ3v) is 7.82. The van der Waals surface area contributed by atoms with E-state index in [0.29, 0.717) is 12.5 Å². The molecule has 5 aromatic rings. The molecule has 2 aromatic heterocycles. The second-order valence-corrected chi connectivity index (χ2v) is 9.62. The molecule has 2 aliphatic rings. The third-order valence-electron chi connectivity index (χ3n) is 6.63. The van der Waals surface area contributed by atoms with E-state index >= 15 is 0 Å². The van der Waals surface area contributed by atoms with Crippen molar-refractivity contribution in [3.05, 3.63) is 102 Å². The zero-order valence-electron chi connectivity index (χ0n) is 17.9. The highest BCUT2D eigenvalue weighted by Gasteiger charge is 2.42. The van der Waals surface area contributed by atoms with Crippen LogP contribution in [0.4, 0.5) is 0 Å². The maximum absolute atomic E-state index is 6.45. The van der Waals surface area contributed by atoms with Gasteiger partial charge in [0.15, 0.2) is 0 Å². The first kappa shape index (κ1) is 18.9. The van der Waals surface area contributed by atoms with Crippen LogP contribution in [0.15, 0.2) is 96.0 Å². The standard InChI is InChI=1S/C28H21N3OS/c1-3-9-18(10-4-1)26-25-24-20(16-32-28(25)31(30-26)21-12-5-2-6-13-21)17-33-27-22(24)15-19-11-7-8-14-23(19)29-27/h1-15,20,24H,16-17H2/t20-,24-/m1/s1. The Labute approximate surface area is 196 Å². The zero-order valence-corrected chi connectivity index (χ0v) is 18.7. The molecule has 0 saturated carbocycles. The molecule has 7 rings (SSSR count). The van der Waals surface area contributed by atoms with Gasteiger partial charge in [-0.1, -0.05) is 66.7 Å². The molecular formula is C28H21N3OS. The van der Waals surface area contributed by atoms with Crippen LogP contribution in [-0.4, -0.2) is 27.1 Å². The summed E-state index contributed by atoms with van der Waals surface area (Å²) in [7, 11) is 0. The molecule has 0 aliphatic carbocycles. The van der Waals surface area contributed by atoms with E-state index in [0.717, 1.165) is 39.1 Å². The summed E-state index contributed by atoms with van der Waals surface area (Å²) in [6.45, 7) is 0.684. The Bertz CT molecular complexity index is 1480. The maximum atomic E-state index is 6.45. The van der Waals surface area contributed by atoms with Crippen LogP contribution in [0.3, 0.4) is 0 Å². The van der Waals surface area contributed by atoms with Gasteiger partial charge in [-0.2, -0.15) is 5.10 Å². The summed E-state index contributed by atoms with van der Waals surface area (Å²) in [6, 6.07) is 31.5. The first-order chi connectivity index (χ1) is 16.4. The van der Waals surface area contributed by atoms with Crippen LogP contribution in [0, 0.1) is 5.92 Å². The molecule has 160 valence electrons. The fourth-order valence-electron chi connectivity index (χ4n) is 5.10. The number of hydrogen-bond donors (Lipinski definition) is 0. The van der Waals surface area contributed by atoms with Crippen molar-refractivity contribution in [1.29, 1.82) is 0 Å². The summed E-state index contributed by atoms with van der Waals surface area (Å²) in [6.07, 6.45) is 0. The van der Waals surface area contributed by atoms with Gasteiger partial charge >= 0.3 is 0 Å². The lowest BCUT2D eigenvalue weighted by atomic mass is 9.79. The number of aromatic nitrogens is 3. The number of para-hydroxylation sites is 2. The minimum absolute atomic E-state index is 0.203. The Morgan fingerprint density at radius 1 is 0.879 bits per heavy atom. The number of ether oxygens (including phenoxy) is 1. The molecule has 0 amide bonds. The Kier molecular flexibility index (Phi) is 4.30. The molecule has 0 bridgehead atoms. The van der Waals surface area contributed by atoms with E-state index in [2.05, 4.69) is 66.7 Å². The summed E-state index contributed by atoms with van der Waals surface area (Å²) >= 11 is 1.85. The third kappa shape index (κ3) is 3.00. The number of thioether (sulfide) groups is 1. The number of benzene rings is 3. The Hall–Kier alpha value is -3.57. The lowest BCUT2D eigenvalue weighted by molar-refractivity contribution is 0.205. The van der Waals surface area contributed by atoms with Gasteiger partial charge in [-0.15, -0.1) is 11.8 Å². The lowest BCUT2D eigenvalue weighted by Gasteiger charge is -2.36. The van der Waals surface area contributed by atoms with Gasteiger partial charge in [-0.05, 0) is 29.8 Å². The lowest BCUT2D eigenvalue weighted by Crippen LogP contribution is -2.32. The zero-order chi connectivity index (χ0) is 21.8. The van der Waals surface area contributed by atoms with E-state index in [9.17, 15) is 0 Å². The molecule has 0 N–H and O–H groups in total. The molecular weight excluding hydrogens is 426 g/mol.